The van der Waals surface area contributed by atoms with Gasteiger partial charge in [0.2, 0.25) is 0 Å². The van der Waals surface area contributed by atoms with Gasteiger partial charge in [0.15, 0.2) is 5.69 Å². The van der Waals surface area contributed by atoms with Gasteiger partial charge in [-0.25, -0.2) is 4.79 Å². The number of azo groups is 1. The molecule has 0 amide bonds. The van der Waals surface area contributed by atoms with Crippen molar-refractivity contribution in [3.8, 4) is 0 Å². The third-order valence-corrected chi connectivity index (χ3v) is 2.33. The Morgan fingerprint density at radius 2 is 1.85 bits per heavy atom. The maximum Gasteiger partial charge on any atom is 0.337 e. The molecule has 0 atom stereocenters. The molecule has 0 bridgehead atoms. The zero-order valence-electron chi connectivity index (χ0n) is 10.3. The van der Waals surface area contributed by atoms with Gasteiger partial charge in [0, 0.05) is 16.5 Å². The van der Waals surface area contributed by atoms with Crippen LogP contribution < -0.4 is 5.56 Å². The number of nitrogens with one attached hydrogen (secondary N) is 2. The molecule has 110 valence electrons. The molecule has 0 aliphatic rings. The summed E-state index contributed by atoms with van der Waals surface area (Å²) in [7, 11) is 0. The second-order valence-corrected chi connectivity index (χ2v) is 3.58. The predicted molar refractivity (Wildman–Crippen MR) is 67.3 cm³/mol. The summed E-state index contributed by atoms with van der Waals surface area (Å²) in [4.78, 5) is 22.3. The van der Waals surface area contributed by atoms with Crippen molar-refractivity contribution in [2.75, 3.05) is 0 Å². The first kappa shape index (κ1) is 17.8. The van der Waals surface area contributed by atoms with E-state index in [0.29, 0.717) is 5.69 Å². The average Bonchev–Trinajstić information content (AvgIpc) is 2.67. The molecule has 9 heteroatoms. The molecule has 0 fully saturated rings. The van der Waals surface area contributed by atoms with E-state index < -0.39 is 11.5 Å². The molecule has 1 aromatic heterocycles. The molecule has 2 rings (SSSR count). The fourth-order valence-electron chi connectivity index (χ4n) is 1.41. The summed E-state index contributed by atoms with van der Waals surface area (Å²) >= 11 is 0. The number of hydrogen-bond acceptors (Lipinski definition) is 4. The van der Waals surface area contributed by atoms with Gasteiger partial charge >= 0.3 is 5.97 Å². The van der Waals surface area contributed by atoms with Gasteiger partial charge < -0.3 is 15.7 Å². The molecule has 0 saturated heterocycles. The Kier molecular flexibility index (Phi) is 6.54. The second kappa shape index (κ2) is 7.37. The molecule has 1 heterocycles. The Bertz CT molecular complexity index is 677. The van der Waals surface area contributed by atoms with E-state index >= 15 is 0 Å². The molecule has 0 aliphatic carbocycles. The minimum atomic E-state index is -1.09. The van der Waals surface area contributed by atoms with Gasteiger partial charge in [0.05, 0.1) is 11.3 Å². The molecule has 0 aliphatic heterocycles. The third-order valence-electron chi connectivity index (χ3n) is 2.33. The van der Waals surface area contributed by atoms with Crippen LogP contribution in [0.4, 0.5) is 11.4 Å². The number of rotatable bonds is 3. The standard InChI is InChI=1S/C11H10N4O3.Ni.H2O/c1-6-9(10(16)15-12-6)14-13-8-5-3-2-4-7(8)11(17)18;;/h2-5H,1H3,(H,17,18)(H2,12,15,16);;1H2. The average molecular weight is 323 g/mol. The molecule has 1 aromatic carbocycles. The number of carboxylic acids is 1. The Balaban J connectivity index is 0.00000180. The van der Waals surface area contributed by atoms with E-state index in [2.05, 4.69) is 20.4 Å². The van der Waals surface area contributed by atoms with Crippen molar-refractivity contribution in [2.24, 2.45) is 10.2 Å². The number of aryl methyl sites for hydroxylation is 1. The molecule has 8 nitrogen and oxygen atoms in total. The van der Waals surface area contributed by atoms with Crippen molar-refractivity contribution in [1.82, 2.24) is 10.2 Å². The zero-order chi connectivity index (χ0) is 13.1. The molecule has 0 radical (unpaired) electrons. The maximum absolute atomic E-state index is 11.3. The van der Waals surface area contributed by atoms with E-state index in [-0.39, 0.29) is 38.9 Å². The van der Waals surface area contributed by atoms with Crippen LogP contribution in [0.25, 0.3) is 0 Å². The summed E-state index contributed by atoms with van der Waals surface area (Å²) in [5.41, 5.74) is 0.506. The first-order valence-electron chi connectivity index (χ1n) is 5.11. The van der Waals surface area contributed by atoms with Gasteiger partial charge in [-0.15, -0.1) is 10.2 Å². The maximum atomic E-state index is 11.3. The van der Waals surface area contributed by atoms with E-state index in [0.717, 1.165) is 0 Å². The van der Waals surface area contributed by atoms with Crippen molar-refractivity contribution in [1.29, 1.82) is 0 Å². The van der Waals surface area contributed by atoms with Crippen molar-refractivity contribution in [2.45, 2.75) is 6.92 Å². The van der Waals surface area contributed by atoms with Gasteiger partial charge in [-0.05, 0) is 19.1 Å². The van der Waals surface area contributed by atoms with Crippen LogP contribution in [-0.2, 0) is 16.5 Å². The van der Waals surface area contributed by atoms with Crippen LogP contribution in [-0.4, -0.2) is 26.7 Å². The van der Waals surface area contributed by atoms with Crippen LogP contribution in [0.1, 0.15) is 16.1 Å². The summed E-state index contributed by atoms with van der Waals surface area (Å²) in [6.45, 7) is 1.66. The predicted octanol–water partition coefficient (Wildman–Crippen LogP) is 1.30. The first-order chi connectivity index (χ1) is 8.59. The minimum absolute atomic E-state index is 0. The Labute approximate surface area is 123 Å². The van der Waals surface area contributed by atoms with Crippen LogP contribution in [0.5, 0.6) is 0 Å². The first-order valence-corrected chi connectivity index (χ1v) is 5.11. The van der Waals surface area contributed by atoms with Gasteiger partial charge in [0.25, 0.3) is 5.56 Å². The normalized spacial score (nSPS) is 9.85. The van der Waals surface area contributed by atoms with Crippen molar-refractivity contribution in [3.05, 3.63) is 45.9 Å². The van der Waals surface area contributed by atoms with Crippen LogP contribution in [0, 0.1) is 6.92 Å². The van der Waals surface area contributed by atoms with Gasteiger partial charge in [-0.1, -0.05) is 12.1 Å². The van der Waals surface area contributed by atoms with Crippen LogP contribution in [0.3, 0.4) is 0 Å². The Hall–Kier alpha value is -2.25. The van der Waals surface area contributed by atoms with Gasteiger partial charge in [-0.2, -0.15) is 0 Å². The largest absolute Gasteiger partial charge is 0.478 e. The monoisotopic (exact) mass is 322 g/mol. The smallest absolute Gasteiger partial charge is 0.337 e. The fourth-order valence-corrected chi connectivity index (χ4v) is 1.41. The van der Waals surface area contributed by atoms with E-state index in [1.54, 1.807) is 19.1 Å². The molecule has 20 heavy (non-hydrogen) atoms. The molecule has 0 spiro atoms. The molecule has 5 N–H and O–H groups in total. The molecular formula is C11H12N4NiO4. The molecule has 0 unspecified atom stereocenters. The number of nitrogens with zero attached hydrogens (tertiary/aromatic N) is 2. The second-order valence-electron chi connectivity index (χ2n) is 3.58. The molecule has 0 saturated carbocycles. The fraction of sp³-hybridized carbons (Fsp3) is 0.0909. The van der Waals surface area contributed by atoms with Crippen molar-refractivity contribution < 1.29 is 31.9 Å². The number of H-pyrrole nitrogens is 2. The van der Waals surface area contributed by atoms with E-state index in [4.69, 9.17) is 5.11 Å². The number of hydrogen-bond donors (Lipinski definition) is 3. The molecule has 2 aromatic rings. The number of aromatic amines is 2. The number of carboxylic acid groups (broad SMARTS) is 1. The van der Waals surface area contributed by atoms with Crippen LogP contribution in [0.15, 0.2) is 39.3 Å². The zero-order valence-corrected chi connectivity index (χ0v) is 11.3. The van der Waals surface area contributed by atoms with Gasteiger partial charge in [-0.3, -0.25) is 9.89 Å². The summed E-state index contributed by atoms with van der Waals surface area (Å²) in [5.74, 6) is -1.09. The number of aromatic carboxylic acids is 1. The Morgan fingerprint density at radius 3 is 2.40 bits per heavy atom. The Morgan fingerprint density at radius 1 is 1.20 bits per heavy atom. The van der Waals surface area contributed by atoms with Crippen molar-refractivity contribution in [3.63, 3.8) is 0 Å². The topological polar surface area (TPSA) is 142 Å². The summed E-state index contributed by atoms with van der Waals surface area (Å²) in [5, 5.41) is 21.5. The van der Waals surface area contributed by atoms with Crippen molar-refractivity contribution >= 4 is 17.3 Å². The number of carbonyl (C=O) groups is 1. The number of benzene rings is 1. The SMILES string of the molecule is Cc1[nH][nH]c(=O)c1N=Nc1ccccc1C(=O)O.O.[Ni]. The van der Waals surface area contributed by atoms with Crippen LogP contribution in [0.2, 0.25) is 0 Å². The number of aromatic nitrogens is 2. The van der Waals surface area contributed by atoms with Crippen LogP contribution >= 0.6 is 0 Å². The van der Waals surface area contributed by atoms with E-state index in [9.17, 15) is 9.59 Å². The van der Waals surface area contributed by atoms with E-state index in [1.807, 2.05) is 0 Å². The summed E-state index contributed by atoms with van der Waals surface area (Å²) in [6, 6.07) is 6.18. The minimum Gasteiger partial charge on any atom is -0.478 e. The van der Waals surface area contributed by atoms with Gasteiger partial charge in [0.1, 0.15) is 5.69 Å². The summed E-state index contributed by atoms with van der Waals surface area (Å²) in [6.07, 6.45) is 0. The molecular weight excluding hydrogens is 311 g/mol. The summed E-state index contributed by atoms with van der Waals surface area (Å²) < 4.78 is 0. The quantitative estimate of drug-likeness (QED) is 0.578. The third kappa shape index (κ3) is 3.63. The van der Waals surface area contributed by atoms with E-state index in [1.165, 1.54) is 12.1 Å².